The van der Waals surface area contributed by atoms with Gasteiger partial charge in [-0.25, -0.2) is 4.79 Å². The average molecular weight is 388 g/mol. The predicted molar refractivity (Wildman–Crippen MR) is 114 cm³/mol. The van der Waals surface area contributed by atoms with Crippen molar-refractivity contribution in [3.05, 3.63) is 92.3 Å². The van der Waals surface area contributed by atoms with Gasteiger partial charge in [0.2, 0.25) is 0 Å². The van der Waals surface area contributed by atoms with E-state index in [9.17, 15) is 14.9 Å². The molecule has 2 aromatic carbocycles. The fourth-order valence-corrected chi connectivity index (χ4v) is 3.54. The lowest BCUT2D eigenvalue weighted by Crippen LogP contribution is -2.42. The number of hydrogen-bond donors (Lipinski definition) is 1. The molecule has 0 atom stereocenters. The van der Waals surface area contributed by atoms with E-state index >= 15 is 0 Å². The third kappa shape index (κ3) is 4.20. The quantitative estimate of drug-likeness (QED) is 0.673. The standard InChI is InChI=1S/C23H24N4O2/c1-2-7-19-14-22(28)26(13-12-24)23(29)27(19)16-18-9-4-6-11-21(18)20-10-5-3-8-17(20)15-25/h3-6,8-11,14H,2,7,12-13,16,24H2,1H3. The summed E-state index contributed by atoms with van der Waals surface area (Å²) in [5.41, 5.74) is 8.84. The summed E-state index contributed by atoms with van der Waals surface area (Å²) >= 11 is 0. The lowest BCUT2D eigenvalue weighted by Gasteiger charge is -2.17. The molecule has 0 fully saturated rings. The van der Waals surface area contributed by atoms with E-state index in [0.29, 0.717) is 24.2 Å². The summed E-state index contributed by atoms with van der Waals surface area (Å²) in [7, 11) is 0. The van der Waals surface area contributed by atoms with Gasteiger partial charge in [0.1, 0.15) is 0 Å². The number of benzene rings is 2. The zero-order chi connectivity index (χ0) is 20.8. The third-order valence-corrected chi connectivity index (χ3v) is 4.91. The first kappa shape index (κ1) is 20.3. The Morgan fingerprint density at radius 3 is 2.38 bits per heavy atom. The second-order valence-electron chi connectivity index (χ2n) is 6.85. The van der Waals surface area contributed by atoms with Gasteiger partial charge >= 0.3 is 5.69 Å². The number of nitrogens with zero attached hydrogens (tertiary/aromatic N) is 3. The van der Waals surface area contributed by atoms with Crippen LogP contribution in [0.1, 0.15) is 30.2 Å². The number of aromatic nitrogens is 2. The molecule has 0 aliphatic carbocycles. The average Bonchev–Trinajstić information content (AvgIpc) is 2.74. The van der Waals surface area contributed by atoms with Gasteiger partial charge in [0, 0.05) is 24.8 Å². The summed E-state index contributed by atoms with van der Waals surface area (Å²) in [4.78, 5) is 25.4. The molecule has 1 aromatic heterocycles. The van der Waals surface area contributed by atoms with E-state index in [1.165, 1.54) is 10.6 Å². The fraction of sp³-hybridized carbons (Fsp3) is 0.261. The van der Waals surface area contributed by atoms with Crippen molar-refractivity contribution in [1.29, 1.82) is 5.26 Å². The number of rotatable bonds is 7. The molecule has 0 saturated carbocycles. The van der Waals surface area contributed by atoms with Gasteiger partial charge in [-0.15, -0.1) is 0 Å². The second kappa shape index (κ2) is 9.18. The molecule has 0 saturated heterocycles. The molecule has 29 heavy (non-hydrogen) atoms. The van der Waals surface area contributed by atoms with E-state index in [2.05, 4.69) is 6.07 Å². The van der Waals surface area contributed by atoms with Crippen LogP contribution in [0.3, 0.4) is 0 Å². The van der Waals surface area contributed by atoms with Gasteiger partial charge < -0.3 is 5.73 Å². The number of hydrogen-bond acceptors (Lipinski definition) is 4. The summed E-state index contributed by atoms with van der Waals surface area (Å²) in [5, 5.41) is 9.49. The zero-order valence-corrected chi connectivity index (χ0v) is 16.5. The number of aryl methyl sites for hydroxylation is 1. The lowest BCUT2D eigenvalue weighted by molar-refractivity contribution is 0.558. The first-order valence-electron chi connectivity index (χ1n) is 9.71. The van der Waals surface area contributed by atoms with Crippen molar-refractivity contribution in [3.63, 3.8) is 0 Å². The topological polar surface area (TPSA) is 93.8 Å². The van der Waals surface area contributed by atoms with Gasteiger partial charge in [0.15, 0.2) is 0 Å². The van der Waals surface area contributed by atoms with Gasteiger partial charge in [-0.2, -0.15) is 5.26 Å². The predicted octanol–water partition coefficient (Wildman–Crippen LogP) is 2.51. The summed E-state index contributed by atoms with van der Waals surface area (Å²) in [6.45, 7) is 2.73. The normalized spacial score (nSPS) is 10.7. The Bertz CT molecular complexity index is 1170. The van der Waals surface area contributed by atoms with Crippen LogP contribution < -0.4 is 17.0 Å². The molecule has 0 aliphatic heterocycles. The van der Waals surface area contributed by atoms with Crippen LogP contribution >= 0.6 is 0 Å². The molecule has 0 spiro atoms. The molecule has 2 N–H and O–H groups in total. The second-order valence-corrected chi connectivity index (χ2v) is 6.85. The summed E-state index contributed by atoms with van der Waals surface area (Å²) < 4.78 is 2.83. The molecular formula is C23H24N4O2. The van der Waals surface area contributed by atoms with Gasteiger partial charge in [-0.1, -0.05) is 55.8 Å². The van der Waals surface area contributed by atoms with Crippen LogP contribution in [0.25, 0.3) is 11.1 Å². The van der Waals surface area contributed by atoms with E-state index < -0.39 is 0 Å². The monoisotopic (exact) mass is 388 g/mol. The van der Waals surface area contributed by atoms with Crippen molar-refractivity contribution < 1.29 is 0 Å². The Balaban J connectivity index is 2.17. The van der Waals surface area contributed by atoms with Crippen LogP contribution in [-0.4, -0.2) is 15.7 Å². The van der Waals surface area contributed by atoms with Crippen molar-refractivity contribution in [2.75, 3.05) is 6.54 Å². The molecule has 0 aliphatic rings. The Hall–Kier alpha value is -3.43. The lowest BCUT2D eigenvalue weighted by atomic mass is 9.95. The fourth-order valence-electron chi connectivity index (χ4n) is 3.54. The molecule has 3 rings (SSSR count). The highest BCUT2D eigenvalue weighted by Gasteiger charge is 2.14. The molecule has 0 unspecified atom stereocenters. The Morgan fingerprint density at radius 1 is 1.00 bits per heavy atom. The molecule has 6 heteroatoms. The molecule has 0 radical (unpaired) electrons. The minimum absolute atomic E-state index is 0.184. The van der Waals surface area contributed by atoms with Crippen LogP contribution in [-0.2, 0) is 19.5 Å². The van der Waals surface area contributed by atoms with E-state index in [-0.39, 0.29) is 24.3 Å². The minimum atomic E-state index is -0.352. The highest BCUT2D eigenvalue weighted by Crippen LogP contribution is 2.27. The van der Waals surface area contributed by atoms with Gasteiger partial charge in [0.25, 0.3) is 5.56 Å². The van der Waals surface area contributed by atoms with E-state index in [1.807, 2.05) is 49.4 Å². The van der Waals surface area contributed by atoms with Crippen LogP contribution in [0.15, 0.2) is 64.2 Å². The summed E-state index contributed by atoms with van der Waals surface area (Å²) in [6.07, 6.45) is 1.45. The number of nitrogens with two attached hydrogens (primary N) is 1. The molecule has 0 bridgehead atoms. The van der Waals surface area contributed by atoms with Crippen LogP contribution in [0.5, 0.6) is 0 Å². The van der Waals surface area contributed by atoms with Gasteiger partial charge in [-0.3, -0.25) is 13.9 Å². The van der Waals surface area contributed by atoms with Crippen LogP contribution in [0.2, 0.25) is 0 Å². The van der Waals surface area contributed by atoms with Crippen molar-refractivity contribution >= 4 is 0 Å². The summed E-state index contributed by atoms with van der Waals surface area (Å²) in [5.74, 6) is 0. The largest absolute Gasteiger partial charge is 0.331 e. The smallest absolute Gasteiger partial charge is 0.329 e. The van der Waals surface area contributed by atoms with Crippen molar-refractivity contribution in [1.82, 2.24) is 9.13 Å². The minimum Gasteiger partial charge on any atom is -0.329 e. The van der Waals surface area contributed by atoms with Crippen LogP contribution in [0.4, 0.5) is 0 Å². The number of nitriles is 1. The Kier molecular flexibility index (Phi) is 6.43. The maximum atomic E-state index is 13.1. The highest BCUT2D eigenvalue weighted by atomic mass is 16.2. The Morgan fingerprint density at radius 2 is 1.69 bits per heavy atom. The first-order valence-corrected chi connectivity index (χ1v) is 9.71. The van der Waals surface area contributed by atoms with E-state index in [1.54, 1.807) is 10.6 Å². The molecule has 6 nitrogen and oxygen atoms in total. The SMILES string of the molecule is CCCc1cc(=O)n(CCN)c(=O)n1Cc1ccccc1-c1ccccc1C#N. The molecule has 1 heterocycles. The van der Waals surface area contributed by atoms with E-state index in [0.717, 1.165) is 23.1 Å². The first-order chi connectivity index (χ1) is 14.1. The third-order valence-electron chi connectivity index (χ3n) is 4.91. The maximum Gasteiger partial charge on any atom is 0.331 e. The van der Waals surface area contributed by atoms with Gasteiger partial charge in [-0.05, 0) is 29.2 Å². The van der Waals surface area contributed by atoms with E-state index in [4.69, 9.17) is 5.73 Å². The van der Waals surface area contributed by atoms with Crippen molar-refractivity contribution in [2.45, 2.75) is 32.9 Å². The molecular weight excluding hydrogens is 364 g/mol. The molecule has 0 amide bonds. The highest BCUT2D eigenvalue weighted by molar-refractivity contribution is 5.73. The molecule has 3 aromatic rings. The Labute approximate surface area is 169 Å². The van der Waals surface area contributed by atoms with Crippen molar-refractivity contribution in [3.8, 4) is 17.2 Å². The summed E-state index contributed by atoms with van der Waals surface area (Å²) in [6, 6.07) is 18.9. The van der Waals surface area contributed by atoms with Crippen LogP contribution in [0, 0.1) is 11.3 Å². The van der Waals surface area contributed by atoms with Gasteiger partial charge in [0.05, 0.1) is 18.2 Å². The zero-order valence-electron chi connectivity index (χ0n) is 16.5. The maximum absolute atomic E-state index is 13.1. The van der Waals surface area contributed by atoms with Crippen molar-refractivity contribution in [2.24, 2.45) is 5.73 Å². The molecule has 148 valence electrons.